The van der Waals surface area contributed by atoms with Crippen molar-refractivity contribution in [3.8, 4) is 0 Å². The van der Waals surface area contributed by atoms with Crippen molar-refractivity contribution in [2.24, 2.45) is 5.16 Å². The fraction of sp³-hybridized carbons (Fsp3) is 0.125. The van der Waals surface area contributed by atoms with Gasteiger partial charge >= 0.3 is 6.03 Å². The lowest BCUT2D eigenvalue weighted by Crippen LogP contribution is -2.48. The van der Waals surface area contributed by atoms with Crippen molar-refractivity contribution >= 4 is 34.9 Å². The SMILES string of the molecule is O=C(NNC(=O)[C@@H]1CC(c2cccnc2)=NO1)Nc1ccccc1Cl. The van der Waals surface area contributed by atoms with Crippen LogP contribution in [0.5, 0.6) is 0 Å². The minimum Gasteiger partial charge on any atom is -0.382 e. The second-order valence-corrected chi connectivity index (χ2v) is 5.53. The smallest absolute Gasteiger partial charge is 0.337 e. The third-order valence-electron chi connectivity index (χ3n) is 3.38. The van der Waals surface area contributed by atoms with Crippen LogP contribution in [0.4, 0.5) is 10.5 Å². The number of pyridine rings is 1. The maximum atomic E-state index is 12.1. The molecule has 2 aromatic rings. The summed E-state index contributed by atoms with van der Waals surface area (Å²) in [5, 5.41) is 6.79. The fourth-order valence-electron chi connectivity index (χ4n) is 2.14. The molecule has 0 fully saturated rings. The highest BCUT2D eigenvalue weighted by atomic mass is 35.5. The van der Waals surface area contributed by atoms with Crippen LogP contribution in [0, 0.1) is 0 Å². The number of hydrogen-bond donors (Lipinski definition) is 3. The number of oxime groups is 1. The monoisotopic (exact) mass is 359 g/mol. The van der Waals surface area contributed by atoms with Crippen LogP contribution in [0.2, 0.25) is 5.02 Å². The molecule has 1 aromatic heterocycles. The Kier molecular flexibility index (Phi) is 5.10. The molecule has 1 aliphatic rings. The lowest BCUT2D eigenvalue weighted by molar-refractivity contribution is -0.131. The zero-order valence-electron chi connectivity index (χ0n) is 12.9. The van der Waals surface area contributed by atoms with E-state index in [-0.39, 0.29) is 6.42 Å². The highest BCUT2D eigenvalue weighted by molar-refractivity contribution is 6.33. The van der Waals surface area contributed by atoms with Gasteiger partial charge < -0.3 is 10.2 Å². The number of anilines is 1. The third kappa shape index (κ3) is 4.24. The van der Waals surface area contributed by atoms with E-state index in [0.29, 0.717) is 16.4 Å². The second kappa shape index (κ2) is 7.63. The average molecular weight is 360 g/mol. The number of carbonyl (C=O) groups is 2. The van der Waals surface area contributed by atoms with Gasteiger partial charge in [-0.15, -0.1) is 0 Å². The van der Waals surface area contributed by atoms with E-state index in [2.05, 4.69) is 26.3 Å². The summed E-state index contributed by atoms with van der Waals surface area (Å²) in [5.41, 5.74) is 6.34. The van der Waals surface area contributed by atoms with Crippen molar-refractivity contribution < 1.29 is 14.4 Å². The first-order valence-corrected chi connectivity index (χ1v) is 7.76. The average Bonchev–Trinajstić information content (AvgIpc) is 3.13. The number of hydrogen-bond acceptors (Lipinski definition) is 5. The van der Waals surface area contributed by atoms with Crippen LogP contribution in [0.25, 0.3) is 0 Å². The first kappa shape index (κ1) is 16.7. The maximum absolute atomic E-state index is 12.1. The standard InChI is InChI=1S/C16H14ClN5O3/c17-11-5-1-2-6-12(11)19-16(24)21-20-15(23)14-8-13(22-25-14)10-4-3-7-18-9-10/h1-7,9,14H,8H2,(H,20,23)(H2,19,21,24)/t14-/m0/s1. The Balaban J connectivity index is 1.47. The highest BCUT2D eigenvalue weighted by Gasteiger charge is 2.29. The Morgan fingerprint density at radius 2 is 2.00 bits per heavy atom. The van der Waals surface area contributed by atoms with Crippen LogP contribution >= 0.6 is 11.6 Å². The molecule has 1 aromatic carbocycles. The van der Waals surface area contributed by atoms with Crippen LogP contribution < -0.4 is 16.2 Å². The van der Waals surface area contributed by atoms with Crippen LogP contribution in [0.3, 0.4) is 0 Å². The summed E-state index contributed by atoms with van der Waals surface area (Å²) in [7, 11) is 0. The van der Waals surface area contributed by atoms with Gasteiger partial charge in [0.05, 0.1) is 16.4 Å². The summed E-state index contributed by atoms with van der Waals surface area (Å²) < 4.78 is 0. The molecular formula is C16H14ClN5O3. The number of nitrogens with zero attached hydrogens (tertiary/aromatic N) is 2. The molecule has 128 valence electrons. The molecule has 0 saturated heterocycles. The van der Waals surface area contributed by atoms with Crippen molar-refractivity contribution in [2.45, 2.75) is 12.5 Å². The summed E-state index contributed by atoms with van der Waals surface area (Å²) >= 11 is 5.94. The molecule has 3 amide bonds. The zero-order valence-corrected chi connectivity index (χ0v) is 13.7. The molecule has 0 spiro atoms. The minimum atomic E-state index is -0.823. The predicted octanol–water partition coefficient (Wildman–Crippen LogP) is 2.08. The summed E-state index contributed by atoms with van der Waals surface area (Å²) in [6.07, 6.45) is 2.74. The van der Waals surface area contributed by atoms with E-state index in [0.717, 1.165) is 5.56 Å². The molecule has 8 nitrogen and oxygen atoms in total. The van der Waals surface area contributed by atoms with Gasteiger partial charge in [-0.3, -0.25) is 15.2 Å². The first-order chi connectivity index (χ1) is 12.1. The molecule has 0 bridgehead atoms. The van der Waals surface area contributed by atoms with Gasteiger partial charge in [-0.05, 0) is 24.3 Å². The Bertz CT molecular complexity index is 812. The predicted molar refractivity (Wildman–Crippen MR) is 92.0 cm³/mol. The normalized spacial score (nSPS) is 15.7. The van der Waals surface area contributed by atoms with Crippen molar-refractivity contribution in [3.63, 3.8) is 0 Å². The van der Waals surface area contributed by atoms with Crippen molar-refractivity contribution in [3.05, 3.63) is 59.4 Å². The minimum absolute atomic E-state index is 0.283. The first-order valence-electron chi connectivity index (χ1n) is 7.38. The second-order valence-electron chi connectivity index (χ2n) is 5.13. The molecule has 3 N–H and O–H groups in total. The number of urea groups is 1. The lowest BCUT2D eigenvalue weighted by atomic mass is 10.1. The van der Waals surface area contributed by atoms with E-state index >= 15 is 0 Å². The van der Waals surface area contributed by atoms with Crippen LogP contribution in [0.1, 0.15) is 12.0 Å². The van der Waals surface area contributed by atoms with E-state index in [4.69, 9.17) is 16.4 Å². The topological polar surface area (TPSA) is 105 Å². The molecule has 0 aliphatic carbocycles. The molecule has 3 rings (SSSR count). The number of halogens is 1. The van der Waals surface area contributed by atoms with Gasteiger partial charge in [-0.25, -0.2) is 10.2 Å². The molecule has 1 aliphatic heterocycles. The van der Waals surface area contributed by atoms with Gasteiger partial charge in [0.15, 0.2) is 0 Å². The van der Waals surface area contributed by atoms with Crippen LogP contribution in [0.15, 0.2) is 53.9 Å². The summed E-state index contributed by atoms with van der Waals surface area (Å²) in [5.74, 6) is -0.517. The molecular weight excluding hydrogens is 346 g/mol. The summed E-state index contributed by atoms with van der Waals surface area (Å²) in [4.78, 5) is 32.9. The van der Waals surface area contributed by atoms with Crippen LogP contribution in [-0.2, 0) is 9.63 Å². The van der Waals surface area contributed by atoms with Crippen LogP contribution in [-0.4, -0.2) is 28.7 Å². The quantitative estimate of drug-likeness (QED) is 0.729. The van der Waals surface area contributed by atoms with E-state index in [9.17, 15) is 9.59 Å². The summed E-state index contributed by atoms with van der Waals surface area (Å²) in [6.45, 7) is 0. The number of para-hydroxylation sites is 1. The molecule has 25 heavy (non-hydrogen) atoms. The summed E-state index contributed by atoms with van der Waals surface area (Å²) in [6, 6.07) is 9.70. The van der Waals surface area contributed by atoms with E-state index < -0.39 is 18.0 Å². The molecule has 2 heterocycles. The Morgan fingerprint density at radius 3 is 2.76 bits per heavy atom. The van der Waals surface area contributed by atoms with Gasteiger partial charge in [0.25, 0.3) is 5.91 Å². The van der Waals surface area contributed by atoms with E-state index in [1.54, 1.807) is 42.7 Å². The highest BCUT2D eigenvalue weighted by Crippen LogP contribution is 2.20. The van der Waals surface area contributed by atoms with Crippen molar-refractivity contribution in [1.82, 2.24) is 15.8 Å². The van der Waals surface area contributed by atoms with Crippen molar-refractivity contribution in [2.75, 3.05) is 5.32 Å². The Hall–Kier alpha value is -3.13. The number of carbonyl (C=O) groups excluding carboxylic acids is 2. The van der Waals surface area contributed by atoms with Gasteiger partial charge in [0.1, 0.15) is 0 Å². The largest absolute Gasteiger partial charge is 0.382 e. The molecule has 0 unspecified atom stereocenters. The number of amides is 3. The molecule has 1 atom stereocenters. The number of hydrazine groups is 1. The van der Waals surface area contributed by atoms with Gasteiger partial charge in [-0.2, -0.15) is 0 Å². The maximum Gasteiger partial charge on any atom is 0.337 e. The lowest BCUT2D eigenvalue weighted by Gasteiger charge is -2.12. The number of benzene rings is 1. The Morgan fingerprint density at radius 1 is 1.16 bits per heavy atom. The van der Waals surface area contributed by atoms with E-state index in [1.807, 2.05) is 6.07 Å². The Labute approximate surface area is 148 Å². The number of nitrogens with one attached hydrogen (secondary N) is 3. The third-order valence-corrected chi connectivity index (χ3v) is 3.71. The number of rotatable bonds is 3. The molecule has 9 heteroatoms. The molecule has 0 saturated carbocycles. The zero-order chi connectivity index (χ0) is 17.6. The van der Waals surface area contributed by atoms with Gasteiger partial charge in [0.2, 0.25) is 6.10 Å². The van der Waals surface area contributed by atoms with E-state index in [1.165, 1.54) is 0 Å². The fourth-order valence-corrected chi connectivity index (χ4v) is 2.32. The van der Waals surface area contributed by atoms with Gasteiger partial charge in [0, 0.05) is 24.4 Å². The molecule has 0 radical (unpaired) electrons. The van der Waals surface area contributed by atoms with Crippen molar-refractivity contribution in [1.29, 1.82) is 0 Å². The van der Waals surface area contributed by atoms with Gasteiger partial charge in [-0.1, -0.05) is 28.9 Å². The number of aromatic nitrogens is 1.